The van der Waals surface area contributed by atoms with Crippen LogP contribution in [0.5, 0.6) is 0 Å². The quantitative estimate of drug-likeness (QED) is 0.574. The molecule has 72 valence electrons. The van der Waals surface area contributed by atoms with Crippen LogP contribution in [0.25, 0.3) is 11.1 Å². The topological polar surface area (TPSA) is 61.2 Å². The van der Waals surface area contributed by atoms with Crippen molar-refractivity contribution >= 4 is 16.8 Å². The molecule has 1 heterocycles. The number of nitrogen functional groups attached to an aromatic ring is 1. The maximum absolute atomic E-state index is 11.3. The SMILES string of the molecule is C=CCn1c(=O)oc2ccc(N)cc21. The molecule has 0 unspecified atom stereocenters. The molecule has 0 aliphatic heterocycles. The third kappa shape index (κ3) is 1.21. The lowest BCUT2D eigenvalue weighted by atomic mass is 10.3. The van der Waals surface area contributed by atoms with Crippen LogP contribution >= 0.6 is 0 Å². The molecule has 0 atom stereocenters. The first kappa shape index (κ1) is 8.62. The zero-order valence-electron chi connectivity index (χ0n) is 7.56. The number of anilines is 1. The normalized spacial score (nSPS) is 10.6. The van der Waals surface area contributed by atoms with Gasteiger partial charge in [-0.15, -0.1) is 6.58 Å². The van der Waals surface area contributed by atoms with E-state index in [-0.39, 0.29) is 5.76 Å². The van der Waals surface area contributed by atoms with E-state index in [1.54, 1.807) is 24.3 Å². The predicted octanol–water partition coefficient (Wildman–Crippen LogP) is 1.36. The van der Waals surface area contributed by atoms with E-state index in [9.17, 15) is 4.79 Å². The molecule has 0 saturated heterocycles. The number of hydrogen-bond acceptors (Lipinski definition) is 3. The van der Waals surface area contributed by atoms with Crippen molar-refractivity contribution in [1.29, 1.82) is 0 Å². The molecule has 0 saturated carbocycles. The largest absolute Gasteiger partial charge is 0.420 e. The Kier molecular flexibility index (Phi) is 1.89. The zero-order valence-corrected chi connectivity index (χ0v) is 7.56. The summed E-state index contributed by atoms with van der Waals surface area (Å²) in [6, 6.07) is 5.10. The lowest BCUT2D eigenvalue weighted by Gasteiger charge is -1.96. The van der Waals surface area contributed by atoms with E-state index in [1.807, 2.05) is 0 Å². The van der Waals surface area contributed by atoms with E-state index in [2.05, 4.69) is 6.58 Å². The van der Waals surface area contributed by atoms with Crippen LogP contribution in [-0.2, 0) is 6.54 Å². The summed E-state index contributed by atoms with van der Waals surface area (Å²) in [5.41, 5.74) is 7.47. The van der Waals surface area contributed by atoms with Gasteiger partial charge in [0.05, 0.1) is 5.52 Å². The lowest BCUT2D eigenvalue weighted by molar-refractivity contribution is 0.520. The van der Waals surface area contributed by atoms with Crippen molar-refractivity contribution in [3.05, 3.63) is 41.4 Å². The summed E-state index contributed by atoms with van der Waals surface area (Å²) in [7, 11) is 0. The van der Waals surface area contributed by atoms with Crippen LogP contribution in [0.4, 0.5) is 5.69 Å². The molecule has 4 nitrogen and oxygen atoms in total. The molecule has 0 aliphatic rings. The molecule has 0 fully saturated rings. The standard InChI is InChI=1S/C10H10N2O2/c1-2-5-12-8-6-7(11)3-4-9(8)14-10(12)13/h2-4,6H,1,5,11H2. The number of aromatic nitrogens is 1. The van der Waals surface area contributed by atoms with E-state index < -0.39 is 0 Å². The summed E-state index contributed by atoms with van der Waals surface area (Å²) in [5, 5.41) is 0. The molecule has 2 aromatic rings. The lowest BCUT2D eigenvalue weighted by Crippen LogP contribution is -2.12. The Morgan fingerprint density at radius 1 is 1.57 bits per heavy atom. The van der Waals surface area contributed by atoms with E-state index >= 15 is 0 Å². The highest BCUT2D eigenvalue weighted by Crippen LogP contribution is 2.15. The summed E-state index contributed by atoms with van der Waals surface area (Å²) in [6.45, 7) is 4.00. The maximum atomic E-state index is 11.3. The van der Waals surface area contributed by atoms with E-state index in [1.165, 1.54) is 4.57 Å². The number of oxazole rings is 1. The van der Waals surface area contributed by atoms with Gasteiger partial charge in [0.1, 0.15) is 0 Å². The Hall–Kier alpha value is -1.97. The maximum Gasteiger partial charge on any atom is 0.420 e. The van der Waals surface area contributed by atoms with Gasteiger partial charge in [0.2, 0.25) is 0 Å². The number of allylic oxidation sites excluding steroid dienone is 1. The van der Waals surface area contributed by atoms with Crippen molar-refractivity contribution in [2.24, 2.45) is 0 Å². The number of nitrogens with zero attached hydrogens (tertiary/aromatic N) is 1. The van der Waals surface area contributed by atoms with Gasteiger partial charge in [0, 0.05) is 12.2 Å². The second-order valence-corrected chi connectivity index (χ2v) is 2.99. The van der Waals surface area contributed by atoms with Gasteiger partial charge in [-0.25, -0.2) is 4.79 Å². The van der Waals surface area contributed by atoms with Crippen LogP contribution in [0, 0.1) is 0 Å². The Bertz CT molecular complexity index is 537. The first-order chi connectivity index (χ1) is 6.72. The minimum absolute atomic E-state index is 0.384. The van der Waals surface area contributed by atoms with Crippen LogP contribution in [0.15, 0.2) is 40.1 Å². The molecule has 1 aromatic carbocycles. The number of fused-ring (bicyclic) bond motifs is 1. The fourth-order valence-electron chi connectivity index (χ4n) is 1.38. The Morgan fingerprint density at radius 2 is 2.36 bits per heavy atom. The minimum atomic E-state index is -0.384. The zero-order chi connectivity index (χ0) is 10.1. The highest BCUT2D eigenvalue weighted by atomic mass is 16.4. The van der Waals surface area contributed by atoms with E-state index in [0.717, 1.165) is 0 Å². The average molecular weight is 190 g/mol. The molecule has 0 bridgehead atoms. The van der Waals surface area contributed by atoms with Crippen molar-refractivity contribution < 1.29 is 4.42 Å². The van der Waals surface area contributed by atoms with Crippen LogP contribution in [-0.4, -0.2) is 4.57 Å². The third-order valence-electron chi connectivity index (χ3n) is 2.00. The third-order valence-corrected chi connectivity index (χ3v) is 2.00. The van der Waals surface area contributed by atoms with Gasteiger partial charge in [-0.2, -0.15) is 0 Å². The van der Waals surface area contributed by atoms with Crippen molar-refractivity contribution in [3.8, 4) is 0 Å². The number of nitrogens with two attached hydrogens (primary N) is 1. The Morgan fingerprint density at radius 3 is 3.07 bits per heavy atom. The molecule has 0 spiro atoms. The van der Waals surface area contributed by atoms with E-state index in [0.29, 0.717) is 23.3 Å². The van der Waals surface area contributed by atoms with E-state index in [4.69, 9.17) is 10.2 Å². The number of hydrogen-bond donors (Lipinski definition) is 1. The van der Waals surface area contributed by atoms with Crippen molar-refractivity contribution in [2.45, 2.75) is 6.54 Å². The first-order valence-corrected chi connectivity index (χ1v) is 4.22. The molecular weight excluding hydrogens is 180 g/mol. The van der Waals surface area contributed by atoms with Gasteiger partial charge in [-0.3, -0.25) is 4.57 Å². The first-order valence-electron chi connectivity index (χ1n) is 4.22. The Balaban J connectivity index is 2.79. The van der Waals surface area contributed by atoms with Gasteiger partial charge in [0.15, 0.2) is 5.58 Å². The molecular formula is C10H10N2O2. The van der Waals surface area contributed by atoms with Gasteiger partial charge in [0.25, 0.3) is 0 Å². The van der Waals surface area contributed by atoms with Crippen molar-refractivity contribution in [3.63, 3.8) is 0 Å². The highest BCUT2D eigenvalue weighted by Gasteiger charge is 2.07. The molecule has 0 radical (unpaired) electrons. The van der Waals surface area contributed by atoms with Crippen molar-refractivity contribution in [2.75, 3.05) is 5.73 Å². The van der Waals surface area contributed by atoms with Crippen LogP contribution in [0.1, 0.15) is 0 Å². The summed E-state index contributed by atoms with van der Waals surface area (Å²) in [4.78, 5) is 11.3. The van der Waals surface area contributed by atoms with Crippen LogP contribution in [0.2, 0.25) is 0 Å². The van der Waals surface area contributed by atoms with Gasteiger partial charge in [-0.05, 0) is 18.2 Å². The molecule has 0 amide bonds. The monoisotopic (exact) mass is 190 g/mol. The summed E-state index contributed by atoms with van der Waals surface area (Å²) >= 11 is 0. The molecule has 14 heavy (non-hydrogen) atoms. The summed E-state index contributed by atoms with van der Waals surface area (Å²) in [5.74, 6) is -0.384. The van der Waals surface area contributed by atoms with Gasteiger partial charge >= 0.3 is 5.76 Å². The van der Waals surface area contributed by atoms with Crippen LogP contribution < -0.4 is 11.5 Å². The van der Waals surface area contributed by atoms with Gasteiger partial charge < -0.3 is 10.2 Å². The Labute approximate surface area is 80.2 Å². The second-order valence-electron chi connectivity index (χ2n) is 2.99. The van der Waals surface area contributed by atoms with Crippen molar-refractivity contribution in [1.82, 2.24) is 4.57 Å². The number of benzene rings is 1. The molecule has 2 N–H and O–H groups in total. The highest BCUT2D eigenvalue weighted by molar-refractivity contribution is 5.76. The molecule has 2 rings (SSSR count). The second kappa shape index (κ2) is 3.06. The smallest absolute Gasteiger partial charge is 0.408 e. The summed E-state index contributed by atoms with van der Waals surface area (Å²) < 4.78 is 6.50. The van der Waals surface area contributed by atoms with Gasteiger partial charge in [-0.1, -0.05) is 6.08 Å². The minimum Gasteiger partial charge on any atom is -0.408 e. The summed E-state index contributed by atoms with van der Waals surface area (Å²) in [6.07, 6.45) is 1.64. The fraction of sp³-hybridized carbons (Fsp3) is 0.100. The molecule has 4 heteroatoms. The van der Waals surface area contributed by atoms with Crippen LogP contribution in [0.3, 0.4) is 0 Å². The fourth-order valence-corrected chi connectivity index (χ4v) is 1.38. The predicted molar refractivity (Wildman–Crippen MR) is 55.1 cm³/mol. The molecule has 1 aromatic heterocycles. The average Bonchev–Trinajstić information content (AvgIpc) is 2.45. The number of rotatable bonds is 2. The molecule has 0 aliphatic carbocycles.